The largest absolute Gasteiger partial charge is 0.396 e. The van der Waals surface area contributed by atoms with Crippen molar-refractivity contribution in [3.8, 4) is 0 Å². The van der Waals surface area contributed by atoms with E-state index < -0.39 is 0 Å². The molecule has 0 spiro atoms. The van der Waals surface area contributed by atoms with Crippen molar-refractivity contribution in [1.29, 1.82) is 0 Å². The second-order valence-electron chi connectivity index (χ2n) is 15.0. The second-order valence-corrected chi connectivity index (χ2v) is 15.0. The van der Waals surface area contributed by atoms with Gasteiger partial charge in [0.05, 0.1) is 6.10 Å². The Kier molecular flexibility index (Phi) is 5.07. The molecule has 33 heavy (non-hydrogen) atoms. The Hall–Kier alpha value is -0.670. The van der Waals surface area contributed by atoms with Crippen LogP contribution in [0.1, 0.15) is 106 Å². The van der Waals surface area contributed by atoms with Crippen LogP contribution in [-0.4, -0.2) is 28.7 Å². The van der Waals surface area contributed by atoms with Crippen LogP contribution in [0.5, 0.6) is 0 Å². The number of aliphatic hydroxyl groups is 2. The highest BCUT2D eigenvalue weighted by Gasteiger charge is 2.70. The predicted molar refractivity (Wildman–Crippen MR) is 133 cm³/mol. The molecule has 3 nitrogen and oxygen atoms in total. The smallest absolute Gasteiger partial charge is 0.159 e. The predicted octanol–water partition coefficient (Wildman–Crippen LogP) is 6.32. The number of aliphatic hydroxyl groups excluding tert-OH is 2. The van der Waals surface area contributed by atoms with E-state index in [2.05, 4.69) is 54.5 Å². The SMILES string of the molecule is CC1(C)[C@@H](O)CC[C@]2(C)[C@H]3C(=O)C=C4[C@@H]5C[C@@](C)(CO)CC[C@]5(C)CC[C@@]4(C)[C@]3(C)CC[C@@H]12. The van der Waals surface area contributed by atoms with Crippen LogP contribution in [0.2, 0.25) is 0 Å². The fourth-order valence-electron chi connectivity index (χ4n) is 10.4. The van der Waals surface area contributed by atoms with Crippen molar-refractivity contribution in [1.82, 2.24) is 0 Å². The second kappa shape index (κ2) is 6.96. The third-order valence-corrected chi connectivity index (χ3v) is 13.0. The van der Waals surface area contributed by atoms with E-state index in [0.29, 0.717) is 17.6 Å². The first-order chi connectivity index (χ1) is 15.2. The molecule has 0 aromatic heterocycles. The fraction of sp³-hybridized carbons (Fsp3) is 0.900. The molecule has 2 N–H and O–H groups in total. The highest BCUT2D eigenvalue weighted by Crippen LogP contribution is 2.75. The maximum Gasteiger partial charge on any atom is 0.159 e. The van der Waals surface area contributed by atoms with Crippen LogP contribution in [0, 0.1) is 50.2 Å². The summed E-state index contributed by atoms with van der Waals surface area (Å²) in [5.41, 5.74) is 1.46. The molecule has 0 unspecified atom stereocenters. The molecule has 5 aliphatic carbocycles. The first-order valence-corrected chi connectivity index (χ1v) is 13.7. The summed E-state index contributed by atoms with van der Waals surface area (Å²) < 4.78 is 0. The molecule has 0 radical (unpaired) electrons. The molecular formula is C30H48O3. The van der Waals surface area contributed by atoms with E-state index in [1.165, 1.54) is 18.4 Å². The van der Waals surface area contributed by atoms with E-state index >= 15 is 0 Å². The molecule has 0 bridgehead atoms. The molecule has 0 saturated heterocycles. The van der Waals surface area contributed by atoms with Crippen molar-refractivity contribution in [3.63, 3.8) is 0 Å². The van der Waals surface area contributed by atoms with E-state index in [4.69, 9.17) is 0 Å². The first kappa shape index (κ1) is 24.0. The summed E-state index contributed by atoms with van der Waals surface area (Å²) in [7, 11) is 0. The molecule has 4 saturated carbocycles. The lowest BCUT2D eigenvalue weighted by molar-refractivity contribution is -0.202. The summed E-state index contributed by atoms with van der Waals surface area (Å²) in [5.74, 6) is 1.20. The van der Waals surface area contributed by atoms with Crippen LogP contribution >= 0.6 is 0 Å². The van der Waals surface area contributed by atoms with E-state index in [0.717, 1.165) is 44.9 Å². The molecule has 0 heterocycles. The molecular weight excluding hydrogens is 408 g/mol. The van der Waals surface area contributed by atoms with E-state index in [1.54, 1.807) is 0 Å². The van der Waals surface area contributed by atoms with Crippen LogP contribution in [0.25, 0.3) is 0 Å². The molecule has 9 atom stereocenters. The first-order valence-electron chi connectivity index (χ1n) is 13.7. The summed E-state index contributed by atoms with van der Waals surface area (Å²) in [6.45, 7) is 16.8. The maximum absolute atomic E-state index is 14.2. The van der Waals surface area contributed by atoms with Crippen LogP contribution in [0.4, 0.5) is 0 Å². The van der Waals surface area contributed by atoms with Crippen molar-refractivity contribution in [2.24, 2.45) is 50.2 Å². The average Bonchev–Trinajstić information content (AvgIpc) is 2.74. The highest BCUT2D eigenvalue weighted by molar-refractivity contribution is 5.95. The third-order valence-electron chi connectivity index (χ3n) is 13.0. The van der Waals surface area contributed by atoms with Crippen molar-refractivity contribution in [3.05, 3.63) is 11.6 Å². The summed E-state index contributed by atoms with van der Waals surface area (Å²) >= 11 is 0. The lowest BCUT2D eigenvalue weighted by atomic mass is 9.33. The molecule has 5 rings (SSSR count). The minimum Gasteiger partial charge on any atom is -0.396 e. The van der Waals surface area contributed by atoms with E-state index in [-0.39, 0.29) is 51.1 Å². The van der Waals surface area contributed by atoms with Gasteiger partial charge in [-0.05, 0) is 108 Å². The zero-order valence-corrected chi connectivity index (χ0v) is 22.3. The zero-order valence-electron chi connectivity index (χ0n) is 22.3. The van der Waals surface area contributed by atoms with Crippen molar-refractivity contribution in [2.45, 2.75) is 112 Å². The normalized spacial score (nSPS) is 55.5. The molecule has 0 amide bonds. The van der Waals surface area contributed by atoms with Gasteiger partial charge in [-0.25, -0.2) is 0 Å². The molecule has 0 aromatic carbocycles. The third kappa shape index (κ3) is 2.90. The highest BCUT2D eigenvalue weighted by atomic mass is 16.3. The van der Waals surface area contributed by atoms with Gasteiger partial charge in [0.2, 0.25) is 0 Å². The number of rotatable bonds is 1. The van der Waals surface area contributed by atoms with Gasteiger partial charge >= 0.3 is 0 Å². The van der Waals surface area contributed by atoms with Gasteiger partial charge < -0.3 is 10.2 Å². The minimum atomic E-state index is -0.269. The number of carbonyl (C=O) groups excluding carboxylic acids is 1. The number of hydrogen-bond donors (Lipinski definition) is 2. The monoisotopic (exact) mass is 456 g/mol. The van der Waals surface area contributed by atoms with Gasteiger partial charge in [0.1, 0.15) is 0 Å². The van der Waals surface area contributed by atoms with Gasteiger partial charge in [-0.2, -0.15) is 0 Å². The summed E-state index contributed by atoms with van der Waals surface area (Å²) in [6, 6.07) is 0. The van der Waals surface area contributed by atoms with Crippen LogP contribution in [-0.2, 0) is 4.79 Å². The molecule has 3 heteroatoms. The van der Waals surface area contributed by atoms with Crippen LogP contribution in [0.15, 0.2) is 11.6 Å². The number of ketones is 1. The van der Waals surface area contributed by atoms with Crippen molar-refractivity contribution < 1.29 is 15.0 Å². The Labute approximate surface area is 201 Å². The van der Waals surface area contributed by atoms with E-state index in [1.807, 2.05) is 0 Å². The lowest BCUT2D eigenvalue weighted by Gasteiger charge is -2.70. The van der Waals surface area contributed by atoms with Gasteiger partial charge in [-0.3, -0.25) is 4.79 Å². The Morgan fingerprint density at radius 3 is 2.24 bits per heavy atom. The molecule has 4 fully saturated rings. The molecule has 5 aliphatic rings. The molecule has 0 aliphatic heterocycles. The summed E-state index contributed by atoms with van der Waals surface area (Å²) in [6.07, 6.45) is 11.5. The topological polar surface area (TPSA) is 57.5 Å². The Morgan fingerprint density at radius 2 is 1.58 bits per heavy atom. The Morgan fingerprint density at radius 1 is 0.909 bits per heavy atom. The Bertz CT molecular complexity index is 889. The van der Waals surface area contributed by atoms with Crippen molar-refractivity contribution >= 4 is 5.78 Å². The number of fused-ring (bicyclic) bond motifs is 7. The summed E-state index contributed by atoms with van der Waals surface area (Å²) in [4.78, 5) is 14.2. The zero-order chi connectivity index (χ0) is 24.2. The quantitative estimate of drug-likeness (QED) is 0.485. The van der Waals surface area contributed by atoms with E-state index in [9.17, 15) is 15.0 Å². The average molecular weight is 457 g/mol. The van der Waals surface area contributed by atoms with Crippen LogP contribution in [0.3, 0.4) is 0 Å². The fourth-order valence-corrected chi connectivity index (χ4v) is 10.4. The van der Waals surface area contributed by atoms with Gasteiger partial charge in [-0.15, -0.1) is 0 Å². The Balaban J connectivity index is 1.62. The van der Waals surface area contributed by atoms with Crippen LogP contribution < -0.4 is 0 Å². The lowest BCUT2D eigenvalue weighted by Crippen LogP contribution is -2.66. The van der Waals surface area contributed by atoms with Gasteiger partial charge in [0.15, 0.2) is 5.78 Å². The molecule has 186 valence electrons. The standard InChI is InChI=1S/C30H48O3/c1-25(2)22-8-11-30(7)24(28(22,5)10-9-23(25)33)21(32)16-19-20-17-26(3,18-31)12-13-27(20,4)14-15-29(19,30)6/h16,20,22-24,31,33H,8-15,17-18H2,1-7H3/t20-,22-,23-,24+,26-,27+,28-,29+,30+/m0/s1. The molecule has 0 aromatic rings. The number of hydrogen-bond acceptors (Lipinski definition) is 3. The number of carbonyl (C=O) groups is 1. The minimum absolute atomic E-state index is 0.0305. The van der Waals surface area contributed by atoms with Gasteiger partial charge in [-0.1, -0.05) is 54.0 Å². The number of allylic oxidation sites excluding steroid dienone is 2. The van der Waals surface area contributed by atoms with Gasteiger partial charge in [0.25, 0.3) is 0 Å². The van der Waals surface area contributed by atoms with Gasteiger partial charge in [0, 0.05) is 12.5 Å². The van der Waals surface area contributed by atoms with Crippen molar-refractivity contribution in [2.75, 3.05) is 6.61 Å². The summed E-state index contributed by atoms with van der Waals surface area (Å²) in [5, 5.41) is 21.1. The maximum atomic E-state index is 14.2.